The Labute approximate surface area is 59.7 Å². The fourth-order valence-electron chi connectivity index (χ4n) is 0. The van der Waals surface area contributed by atoms with Crippen LogP contribution >= 0.6 is 0 Å². The van der Waals surface area contributed by atoms with Gasteiger partial charge in [0.1, 0.15) is 0 Å². The largest absolute Gasteiger partial charge is 0.397 e. The molecule has 0 saturated carbocycles. The average Bonchev–Trinajstić information content (AvgIpc) is 1.87. The Balaban J connectivity index is 0. The molecule has 0 aliphatic heterocycles. The SMILES string of the molecule is CN=CN.COS(=O)(=O)O. The first kappa shape index (κ1) is 12.1. The van der Waals surface area contributed by atoms with Gasteiger partial charge in [0.25, 0.3) is 0 Å². The number of nitrogens with two attached hydrogens (primary N) is 1. The van der Waals surface area contributed by atoms with Crippen LogP contribution in [0.3, 0.4) is 0 Å². The maximum Gasteiger partial charge on any atom is 0.397 e. The Morgan fingerprint density at radius 1 is 1.70 bits per heavy atom. The van der Waals surface area contributed by atoms with Crippen molar-refractivity contribution < 1.29 is 17.2 Å². The molecule has 0 bridgehead atoms. The first-order valence-corrected chi connectivity index (χ1v) is 3.49. The molecule has 0 atom stereocenters. The Morgan fingerprint density at radius 2 is 1.90 bits per heavy atom. The summed E-state index contributed by atoms with van der Waals surface area (Å²) in [7, 11) is -1.67. The fraction of sp³-hybridized carbons (Fsp3) is 0.667. The van der Waals surface area contributed by atoms with Crippen LogP contribution in [0.15, 0.2) is 4.99 Å². The van der Waals surface area contributed by atoms with Gasteiger partial charge >= 0.3 is 10.4 Å². The summed E-state index contributed by atoms with van der Waals surface area (Å²) in [4.78, 5) is 3.39. The van der Waals surface area contributed by atoms with Gasteiger partial charge in [0.2, 0.25) is 0 Å². The maximum absolute atomic E-state index is 9.33. The van der Waals surface area contributed by atoms with Gasteiger partial charge in [-0.3, -0.25) is 13.7 Å². The van der Waals surface area contributed by atoms with Crippen LogP contribution < -0.4 is 5.73 Å². The van der Waals surface area contributed by atoms with Gasteiger partial charge in [0, 0.05) is 7.05 Å². The van der Waals surface area contributed by atoms with Crippen molar-refractivity contribution in [1.82, 2.24) is 0 Å². The van der Waals surface area contributed by atoms with E-state index in [0.29, 0.717) is 0 Å². The number of aliphatic imine (C=N–C) groups is 1. The van der Waals surface area contributed by atoms with E-state index in [-0.39, 0.29) is 0 Å². The first-order valence-electron chi connectivity index (χ1n) is 2.13. The van der Waals surface area contributed by atoms with Gasteiger partial charge in [-0.15, -0.1) is 0 Å². The minimum absolute atomic E-state index is 0.870. The van der Waals surface area contributed by atoms with Crippen LogP contribution in [0.25, 0.3) is 0 Å². The zero-order valence-corrected chi connectivity index (χ0v) is 6.50. The van der Waals surface area contributed by atoms with Crippen LogP contribution in [-0.4, -0.2) is 33.5 Å². The molecule has 0 rings (SSSR count). The first-order chi connectivity index (χ1) is 4.47. The van der Waals surface area contributed by atoms with E-state index in [0.717, 1.165) is 7.11 Å². The van der Waals surface area contributed by atoms with Crippen molar-refractivity contribution in [3.63, 3.8) is 0 Å². The lowest BCUT2D eigenvalue weighted by atomic mass is 11.3. The van der Waals surface area contributed by atoms with Crippen molar-refractivity contribution in [2.24, 2.45) is 10.7 Å². The zero-order chi connectivity index (χ0) is 8.62. The van der Waals surface area contributed by atoms with E-state index in [4.69, 9.17) is 10.3 Å². The van der Waals surface area contributed by atoms with Crippen molar-refractivity contribution in [1.29, 1.82) is 0 Å². The minimum atomic E-state index is -4.16. The molecule has 0 unspecified atom stereocenters. The Bertz CT molecular complexity index is 169. The van der Waals surface area contributed by atoms with E-state index in [1.165, 1.54) is 6.34 Å². The monoisotopic (exact) mass is 170 g/mol. The van der Waals surface area contributed by atoms with Crippen LogP contribution in [0.1, 0.15) is 0 Å². The van der Waals surface area contributed by atoms with Crippen molar-refractivity contribution in [3.8, 4) is 0 Å². The Hall–Kier alpha value is -0.660. The van der Waals surface area contributed by atoms with Gasteiger partial charge in [0.05, 0.1) is 13.4 Å². The molecule has 0 aromatic rings. The number of nitrogens with zero attached hydrogens (tertiary/aromatic N) is 1. The third-order valence-corrected chi connectivity index (χ3v) is 0.781. The van der Waals surface area contributed by atoms with E-state index in [9.17, 15) is 8.42 Å². The van der Waals surface area contributed by atoms with Crippen molar-refractivity contribution in [3.05, 3.63) is 0 Å². The predicted octanol–water partition coefficient (Wildman–Crippen LogP) is -0.961. The molecule has 0 amide bonds. The van der Waals surface area contributed by atoms with E-state index < -0.39 is 10.4 Å². The third kappa shape index (κ3) is 26.4. The second-order valence-electron chi connectivity index (χ2n) is 1.00. The van der Waals surface area contributed by atoms with Gasteiger partial charge in [0.15, 0.2) is 0 Å². The Morgan fingerprint density at radius 3 is 1.90 bits per heavy atom. The number of rotatable bonds is 1. The Kier molecular flexibility index (Phi) is 7.79. The molecule has 0 spiro atoms. The van der Waals surface area contributed by atoms with Gasteiger partial charge in [-0.2, -0.15) is 8.42 Å². The quantitative estimate of drug-likeness (QED) is 0.300. The third-order valence-electron chi connectivity index (χ3n) is 0.360. The van der Waals surface area contributed by atoms with Gasteiger partial charge in [-0.1, -0.05) is 0 Å². The number of hydrogen-bond acceptors (Lipinski definition) is 4. The summed E-state index contributed by atoms with van der Waals surface area (Å²) in [6, 6.07) is 0. The summed E-state index contributed by atoms with van der Waals surface area (Å²) in [5.74, 6) is 0. The molecule has 3 N–H and O–H groups in total. The van der Waals surface area contributed by atoms with Crippen LogP contribution in [-0.2, 0) is 14.6 Å². The lowest BCUT2D eigenvalue weighted by Crippen LogP contribution is -1.96. The van der Waals surface area contributed by atoms with Gasteiger partial charge < -0.3 is 5.73 Å². The van der Waals surface area contributed by atoms with Gasteiger partial charge in [-0.05, 0) is 0 Å². The molecule has 0 aliphatic carbocycles. The highest BCUT2D eigenvalue weighted by Gasteiger charge is 1.93. The van der Waals surface area contributed by atoms with Crippen LogP contribution in [0.5, 0.6) is 0 Å². The molecule has 6 nitrogen and oxygen atoms in total. The summed E-state index contributed by atoms with van der Waals surface area (Å²) in [5.41, 5.74) is 4.74. The van der Waals surface area contributed by atoms with Gasteiger partial charge in [-0.25, -0.2) is 0 Å². The molecule has 0 heterocycles. The van der Waals surface area contributed by atoms with Crippen molar-refractivity contribution in [2.45, 2.75) is 0 Å². The lowest BCUT2D eigenvalue weighted by molar-refractivity contribution is 0.324. The molecule has 0 aromatic heterocycles. The smallest absolute Gasteiger partial charge is 0.390 e. The van der Waals surface area contributed by atoms with E-state index in [2.05, 4.69) is 9.18 Å². The number of hydrogen-bond donors (Lipinski definition) is 2. The highest BCUT2D eigenvalue weighted by Crippen LogP contribution is 1.74. The second-order valence-corrected chi connectivity index (χ2v) is 2.19. The van der Waals surface area contributed by atoms with Crippen molar-refractivity contribution in [2.75, 3.05) is 14.2 Å². The summed E-state index contributed by atoms with van der Waals surface area (Å²) in [5, 5.41) is 0. The fourth-order valence-corrected chi connectivity index (χ4v) is 0. The summed E-state index contributed by atoms with van der Waals surface area (Å²) in [6.45, 7) is 0. The molecule has 0 aliphatic rings. The molecule has 62 valence electrons. The van der Waals surface area contributed by atoms with E-state index >= 15 is 0 Å². The predicted molar refractivity (Wildman–Crippen MR) is 37.2 cm³/mol. The van der Waals surface area contributed by atoms with Crippen molar-refractivity contribution >= 4 is 16.7 Å². The molecular weight excluding hydrogens is 160 g/mol. The summed E-state index contributed by atoms with van der Waals surface area (Å²) in [6.07, 6.45) is 1.25. The average molecular weight is 170 g/mol. The van der Waals surface area contributed by atoms with Crippen LogP contribution in [0.2, 0.25) is 0 Å². The molecule has 0 radical (unpaired) electrons. The zero-order valence-electron chi connectivity index (χ0n) is 5.68. The molecular formula is C3H10N2O4S. The summed E-state index contributed by atoms with van der Waals surface area (Å²) >= 11 is 0. The minimum Gasteiger partial charge on any atom is -0.390 e. The highest BCUT2D eigenvalue weighted by molar-refractivity contribution is 7.80. The van der Waals surface area contributed by atoms with Crippen LogP contribution in [0, 0.1) is 0 Å². The molecule has 10 heavy (non-hydrogen) atoms. The maximum atomic E-state index is 9.33. The topological polar surface area (TPSA) is 102 Å². The van der Waals surface area contributed by atoms with E-state index in [1.807, 2.05) is 0 Å². The molecule has 0 saturated heterocycles. The molecule has 7 heteroatoms. The summed E-state index contributed by atoms with van der Waals surface area (Å²) < 4.78 is 29.7. The normalized spacial score (nSPS) is 10.7. The second kappa shape index (κ2) is 6.46. The highest BCUT2D eigenvalue weighted by atomic mass is 32.3. The molecule has 0 fully saturated rings. The lowest BCUT2D eigenvalue weighted by Gasteiger charge is -1.82. The standard InChI is InChI=1S/C2H6N2.CH4O4S/c1-4-2-3;1-5-6(2,3)4/h2H,1H3,(H2,3,4);1H3,(H,2,3,4). The van der Waals surface area contributed by atoms with E-state index in [1.54, 1.807) is 7.05 Å². The molecule has 0 aromatic carbocycles. The van der Waals surface area contributed by atoms with Crippen LogP contribution in [0.4, 0.5) is 0 Å².